The monoisotopic (exact) mass is 393 g/mol. The molecule has 1 aliphatic heterocycles. The number of aryl methyl sites for hydroxylation is 1. The van der Waals surface area contributed by atoms with Gasteiger partial charge in [0.05, 0.1) is 0 Å². The fraction of sp³-hybridized carbons (Fsp3) is 0.348. The molecule has 0 saturated carbocycles. The van der Waals surface area contributed by atoms with Gasteiger partial charge < -0.3 is 5.32 Å². The molecule has 1 aliphatic rings. The lowest BCUT2D eigenvalue weighted by molar-refractivity contribution is -0.130. The Hall–Kier alpha value is -3.15. The Morgan fingerprint density at radius 2 is 1.59 bits per heavy atom. The number of rotatable bonds is 4. The molecule has 29 heavy (non-hydrogen) atoms. The second-order valence-corrected chi connectivity index (χ2v) is 8.46. The van der Waals surface area contributed by atoms with Gasteiger partial charge in [-0.15, -0.1) is 0 Å². The Morgan fingerprint density at radius 1 is 1.00 bits per heavy atom. The lowest BCUT2D eigenvalue weighted by Crippen LogP contribution is -2.39. The number of benzene rings is 2. The maximum atomic E-state index is 12.8. The van der Waals surface area contributed by atoms with E-state index in [0.717, 1.165) is 16.0 Å². The van der Waals surface area contributed by atoms with Gasteiger partial charge in [0.2, 0.25) is 5.91 Å². The summed E-state index contributed by atoms with van der Waals surface area (Å²) < 4.78 is 0. The number of urea groups is 1. The Balaban J connectivity index is 1.69. The van der Waals surface area contributed by atoms with Crippen molar-refractivity contribution < 1.29 is 14.4 Å². The standard InChI is InChI=1S/C23H27N3O3/c1-15-6-12-19(13-7-15)26-16(2)21(28)25(22(26)29)14-20(27)24-18-10-8-17(9-11-18)23(3,4)5/h6-13,16H,14H2,1-5H3,(H,24,27)/t16-/m1/s1. The minimum Gasteiger partial charge on any atom is -0.325 e. The van der Waals surface area contributed by atoms with Crippen molar-refractivity contribution in [1.29, 1.82) is 0 Å². The van der Waals surface area contributed by atoms with Crippen molar-refractivity contribution >= 4 is 29.2 Å². The SMILES string of the molecule is Cc1ccc(N2C(=O)N(CC(=O)Nc3ccc(C(C)(C)C)cc3)C(=O)[C@H]2C)cc1. The lowest BCUT2D eigenvalue weighted by Gasteiger charge is -2.20. The maximum Gasteiger partial charge on any atom is 0.332 e. The first kappa shape index (κ1) is 20.6. The van der Waals surface area contributed by atoms with Crippen LogP contribution in [0.3, 0.4) is 0 Å². The smallest absolute Gasteiger partial charge is 0.325 e. The third kappa shape index (κ3) is 4.31. The van der Waals surface area contributed by atoms with E-state index >= 15 is 0 Å². The highest BCUT2D eigenvalue weighted by Gasteiger charge is 2.44. The first-order valence-electron chi connectivity index (χ1n) is 9.69. The van der Waals surface area contributed by atoms with E-state index in [9.17, 15) is 14.4 Å². The van der Waals surface area contributed by atoms with Crippen molar-refractivity contribution in [3.05, 3.63) is 59.7 Å². The molecule has 0 spiro atoms. The van der Waals surface area contributed by atoms with E-state index in [2.05, 4.69) is 26.1 Å². The van der Waals surface area contributed by atoms with Gasteiger partial charge in [0.15, 0.2) is 0 Å². The molecule has 3 rings (SSSR count). The molecule has 6 nitrogen and oxygen atoms in total. The van der Waals surface area contributed by atoms with Gasteiger partial charge in [0.1, 0.15) is 12.6 Å². The molecular formula is C23H27N3O3. The fourth-order valence-corrected chi connectivity index (χ4v) is 3.31. The van der Waals surface area contributed by atoms with Gasteiger partial charge in [0.25, 0.3) is 5.91 Å². The average molecular weight is 393 g/mol. The van der Waals surface area contributed by atoms with Crippen molar-refractivity contribution in [2.75, 3.05) is 16.8 Å². The van der Waals surface area contributed by atoms with Crippen LogP contribution in [0.5, 0.6) is 0 Å². The molecule has 1 heterocycles. The van der Waals surface area contributed by atoms with Gasteiger partial charge in [0, 0.05) is 11.4 Å². The van der Waals surface area contributed by atoms with E-state index in [1.165, 1.54) is 4.90 Å². The molecule has 0 radical (unpaired) electrons. The molecule has 1 atom stereocenters. The van der Waals surface area contributed by atoms with Crippen LogP contribution in [0.25, 0.3) is 0 Å². The minimum absolute atomic E-state index is 0.0203. The third-order valence-electron chi connectivity index (χ3n) is 5.10. The summed E-state index contributed by atoms with van der Waals surface area (Å²) in [5.41, 5.74) is 3.51. The number of carbonyl (C=O) groups is 3. The van der Waals surface area contributed by atoms with Crippen molar-refractivity contribution in [3.63, 3.8) is 0 Å². The minimum atomic E-state index is -0.649. The van der Waals surface area contributed by atoms with E-state index in [4.69, 9.17) is 0 Å². The van der Waals surface area contributed by atoms with Crippen LogP contribution in [0.2, 0.25) is 0 Å². The van der Waals surface area contributed by atoms with E-state index in [1.807, 2.05) is 43.3 Å². The Labute approximate surface area is 171 Å². The summed E-state index contributed by atoms with van der Waals surface area (Å²) in [7, 11) is 0. The zero-order valence-electron chi connectivity index (χ0n) is 17.5. The normalized spacial score (nSPS) is 17.1. The molecule has 2 aromatic rings. The highest BCUT2D eigenvalue weighted by atomic mass is 16.2. The number of nitrogens with zero attached hydrogens (tertiary/aromatic N) is 2. The topological polar surface area (TPSA) is 69.7 Å². The van der Waals surface area contributed by atoms with Crippen molar-refractivity contribution in [1.82, 2.24) is 4.90 Å². The number of anilines is 2. The number of nitrogens with one attached hydrogen (secondary N) is 1. The molecule has 2 aromatic carbocycles. The number of hydrogen-bond donors (Lipinski definition) is 1. The molecule has 0 aliphatic carbocycles. The Bertz CT molecular complexity index is 927. The zero-order valence-corrected chi connectivity index (χ0v) is 17.5. The van der Waals surface area contributed by atoms with Crippen LogP contribution in [0.4, 0.5) is 16.2 Å². The van der Waals surface area contributed by atoms with Crippen molar-refractivity contribution in [3.8, 4) is 0 Å². The van der Waals surface area contributed by atoms with E-state index in [-0.39, 0.29) is 17.9 Å². The van der Waals surface area contributed by atoms with E-state index in [1.54, 1.807) is 19.1 Å². The summed E-state index contributed by atoms with van der Waals surface area (Å²) in [6.07, 6.45) is 0. The highest BCUT2D eigenvalue weighted by molar-refractivity contribution is 6.16. The average Bonchev–Trinajstić information content (AvgIpc) is 2.86. The molecule has 1 fully saturated rings. The van der Waals surface area contributed by atoms with Crippen LogP contribution in [0.1, 0.15) is 38.8 Å². The van der Waals surface area contributed by atoms with Gasteiger partial charge in [-0.3, -0.25) is 19.4 Å². The summed E-state index contributed by atoms with van der Waals surface area (Å²) in [6, 6.07) is 13.8. The van der Waals surface area contributed by atoms with Gasteiger partial charge in [-0.25, -0.2) is 4.79 Å². The van der Waals surface area contributed by atoms with Crippen LogP contribution in [0.15, 0.2) is 48.5 Å². The second kappa shape index (κ2) is 7.70. The maximum absolute atomic E-state index is 12.8. The quantitative estimate of drug-likeness (QED) is 0.796. The molecule has 1 N–H and O–H groups in total. The molecule has 152 valence electrons. The first-order valence-corrected chi connectivity index (χ1v) is 9.69. The number of imide groups is 1. The van der Waals surface area contributed by atoms with Crippen LogP contribution in [-0.4, -0.2) is 35.3 Å². The summed E-state index contributed by atoms with van der Waals surface area (Å²) in [4.78, 5) is 40.3. The molecule has 1 saturated heterocycles. The first-order chi connectivity index (χ1) is 13.6. The molecule has 4 amide bonds. The summed E-state index contributed by atoms with van der Waals surface area (Å²) >= 11 is 0. The Kier molecular flexibility index (Phi) is 5.46. The van der Waals surface area contributed by atoms with Crippen LogP contribution < -0.4 is 10.2 Å². The number of carbonyl (C=O) groups excluding carboxylic acids is 3. The van der Waals surface area contributed by atoms with Gasteiger partial charge in [-0.1, -0.05) is 50.6 Å². The van der Waals surface area contributed by atoms with Crippen LogP contribution >= 0.6 is 0 Å². The summed E-state index contributed by atoms with van der Waals surface area (Å²) in [6.45, 7) is 9.66. The molecular weight excluding hydrogens is 366 g/mol. The van der Waals surface area contributed by atoms with E-state index in [0.29, 0.717) is 11.4 Å². The zero-order chi connectivity index (χ0) is 21.3. The largest absolute Gasteiger partial charge is 0.332 e. The van der Waals surface area contributed by atoms with Crippen LogP contribution in [-0.2, 0) is 15.0 Å². The predicted molar refractivity (Wildman–Crippen MR) is 114 cm³/mol. The van der Waals surface area contributed by atoms with Gasteiger partial charge >= 0.3 is 6.03 Å². The highest BCUT2D eigenvalue weighted by Crippen LogP contribution is 2.26. The number of hydrogen-bond acceptors (Lipinski definition) is 3. The molecule has 6 heteroatoms. The predicted octanol–water partition coefficient (Wildman–Crippen LogP) is 4.09. The summed E-state index contributed by atoms with van der Waals surface area (Å²) in [5, 5.41) is 2.76. The lowest BCUT2D eigenvalue weighted by atomic mass is 9.87. The van der Waals surface area contributed by atoms with Gasteiger partial charge in [-0.05, 0) is 49.1 Å². The second-order valence-electron chi connectivity index (χ2n) is 8.46. The molecule has 0 unspecified atom stereocenters. The van der Waals surface area contributed by atoms with Crippen molar-refractivity contribution in [2.24, 2.45) is 0 Å². The molecule has 0 bridgehead atoms. The fourth-order valence-electron chi connectivity index (χ4n) is 3.31. The van der Waals surface area contributed by atoms with Crippen molar-refractivity contribution in [2.45, 2.75) is 46.1 Å². The molecule has 0 aromatic heterocycles. The summed E-state index contributed by atoms with van der Waals surface area (Å²) in [5.74, 6) is -0.790. The van der Waals surface area contributed by atoms with Crippen LogP contribution in [0, 0.1) is 6.92 Å². The Morgan fingerprint density at radius 3 is 2.14 bits per heavy atom. The van der Waals surface area contributed by atoms with Gasteiger partial charge in [-0.2, -0.15) is 0 Å². The van der Waals surface area contributed by atoms with E-state index < -0.39 is 18.0 Å². The third-order valence-corrected chi connectivity index (χ3v) is 5.10. The number of amides is 4.